The van der Waals surface area contributed by atoms with E-state index in [2.05, 4.69) is 38.6 Å². The number of urea groups is 1. The van der Waals surface area contributed by atoms with Crippen molar-refractivity contribution in [3.8, 4) is 5.75 Å². The van der Waals surface area contributed by atoms with Crippen LogP contribution in [-0.4, -0.2) is 94.8 Å². The van der Waals surface area contributed by atoms with Gasteiger partial charge in [0.15, 0.2) is 11.3 Å². The van der Waals surface area contributed by atoms with E-state index in [1.807, 2.05) is 26.8 Å². The van der Waals surface area contributed by atoms with Crippen LogP contribution in [0.4, 0.5) is 20.6 Å². The molecule has 4 heterocycles. The summed E-state index contributed by atoms with van der Waals surface area (Å²) < 4.78 is 14.5. The maximum atomic E-state index is 13.9. The van der Waals surface area contributed by atoms with Crippen molar-refractivity contribution < 1.29 is 19.1 Å². The van der Waals surface area contributed by atoms with E-state index in [0.29, 0.717) is 49.7 Å². The van der Waals surface area contributed by atoms with Crippen molar-refractivity contribution in [3.63, 3.8) is 0 Å². The Morgan fingerprint density at radius 3 is 2.39 bits per heavy atom. The SMILES string of the molecule is C=C(C)CN1CCN(c2cc(N3CCN(C(NCC)C(=C)C)C3=O)c3nc(C(=O)NCc4ccc(F)cc4)c(O)c(=O)n3c2)CC1. The van der Waals surface area contributed by atoms with Gasteiger partial charge in [0.1, 0.15) is 12.0 Å². The third-order valence-electron chi connectivity index (χ3n) is 8.19. The van der Waals surface area contributed by atoms with Crippen LogP contribution in [-0.2, 0) is 6.54 Å². The van der Waals surface area contributed by atoms with Crippen molar-refractivity contribution in [1.29, 1.82) is 0 Å². The van der Waals surface area contributed by atoms with Gasteiger partial charge in [-0.15, -0.1) is 0 Å². The van der Waals surface area contributed by atoms with Gasteiger partial charge in [-0.25, -0.2) is 14.2 Å². The van der Waals surface area contributed by atoms with Crippen LogP contribution in [0.15, 0.2) is 65.6 Å². The van der Waals surface area contributed by atoms with Crippen molar-refractivity contribution in [2.24, 2.45) is 0 Å². The molecule has 1 atom stereocenters. The standard InChI is InChI=1S/C33H41FN8O4/c1-6-35-29(22(4)5)41-16-15-40(33(41)46)26-17-25(39-13-11-38(12-14-39)19-21(2)3)20-42-30(26)37-27(28(43)32(42)45)31(44)36-18-23-7-9-24(34)10-8-23/h7-10,17,20,29,35,43H,2,4,6,11-16,18-19H2,1,3,5H3,(H,36,44). The first-order valence-corrected chi connectivity index (χ1v) is 15.4. The summed E-state index contributed by atoms with van der Waals surface area (Å²) in [4.78, 5) is 52.9. The lowest BCUT2D eigenvalue weighted by Crippen LogP contribution is -2.48. The number of benzene rings is 1. The first kappa shape index (κ1) is 32.6. The van der Waals surface area contributed by atoms with Gasteiger partial charge in [-0.3, -0.25) is 29.1 Å². The average molecular weight is 633 g/mol. The molecule has 3 amide bonds. The molecule has 46 heavy (non-hydrogen) atoms. The summed E-state index contributed by atoms with van der Waals surface area (Å²) >= 11 is 0. The van der Waals surface area contributed by atoms with Crippen molar-refractivity contribution in [1.82, 2.24) is 29.8 Å². The molecule has 0 bridgehead atoms. The molecule has 2 aliphatic heterocycles. The van der Waals surface area contributed by atoms with E-state index in [0.717, 1.165) is 30.8 Å². The summed E-state index contributed by atoms with van der Waals surface area (Å²) in [5.41, 5.74) is 2.26. The summed E-state index contributed by atoms with van der Waals surface area (Å²) in [5, 5.41) is 16.9. The van der Waals surface area contributed by atoms with Crippen LogP contribution in [0.1, 0.15) is 36.8 Å². The number of halogens is 1. The third kappa shape index (κ3) is 6.75. The number of anilines is 2. The molecular weight excluding hydrogens is 591 g/mol. The number of nitrogens with zero attached hydrogens (tertiary/aromatic N) is 6. The normalized spacial score (nSPS) is 16.3. The molecule has 2 saturated heterocycles. The van der Waals surface area contributed by atoms with Crippen LogP contribution in [0.5, 0.6) is 5.75 Å². The fourth-order valence-electron chi connectivity index (χ4n) is 5.90. The second-order valence-electron chi connectivity index (χ2n) is 11.9. The van der Waals surface area contributed by atoms with E-state index in [1.54, 1.807) is 16.0 Å². The number of piperazine rings is 1. The number of pyridine rings is 1. The molecule has 2 aromatic heterocycles. The Morgan fingerprint density at radius 2 is 1.76 bits per heavy atom. The summed E-state index contributed by atoms with van der Waals surface area (Å²) in [6.45, 7) is 18.9. The molecule has 3 N–H and O–H groups in total. The first-order valence-electron chi connectivity index (χ1n) is 15.4. The van der Waals surface area contributed by atoms with E-state index < -0.39 is 28.7 Å². The van der Waals surface area contributed by atoms with Crippen molar-refractivity contribution in [2.75, 3.05) is 62.2 Å². The topological polar surface area (TPSA) is 126 Å². The van der Waals surface area contributed by atoms with Crippen LogP contribution < -0.4 is 26.0 Å². The number of hydrogen-bond donors (Lipinski definition) is 3. The number of aromatic hydroxyl groups is 1. The predicted molar refractivity (Wildman–Crippen MR) is 176 cm³/mol. The van der Waals surface area contributed by atoms with Crippen LogP contribution in [0, 0.1) is 5.82 Å². The fraction of sp³-hybridized carbons (Fsp3) is 0.394. The molecule has 2 fully saturated rings. The lowest BCUT2D eigenvalue weighted by molar-refractivity contribution is 0.0942. The zero-order chi connectivity index (χ0) is 33.1. The molecule has 3 aromatic rings. The largest absolute Gasteiger partial charge is 0.501 e. The lowest BCUT2D eigenvalue weighted by atomic mass is 10.2. The highest BCUT2D eigenvalue weighted by Gasteiger charge is 2.37. The number of aromatic nitrogens is 2. The summed E-state index contributed by atoms with van der Waals surface area (Å²) in [6, 6.07) is 7.10. The number of nitrogens with one attached hydrogen (secondary N) is 2. The first-order chi connectivity index (χ1) is 22.0. The maximum Gasteiger partial charge on any atom is 0.326 e. The van der Waals surface area contributed by atoms with E-state index in [4.69, 9.17) is 0 Å². The molecule has 12 nitrogen and oxygen atoms in total. The maximum absolute atomic E-state index is 13.9. The zero-order valence-corrected chi connectivity index (χ0v) is 26.6. The number of carbonyl (C=O) groups is 2. The molecule has 13 heteroatoms. The Labute approximate surface area is 267 Å². The second kappa shape index (κ2) is 13.7. The monoisotopic (exact) mass is 632 g/mol. The molecule has 0 spiro atoms. The number of carbonyl (C=O) groups excluding carboxylic acids is 2. The highest BCUT2D eigenvalue weighted by molar-refractivity contribution is 6.00. The van der Waals surface area contributed by atoms with Crippen LogP contribution in [0.3, 0.4) is 0 Å². The van der Waals surface area contributed by atoms with Gasteiger partial charge in [0, 0.05) is 58.6 Å². The van der Waals surface area contributed by atoms with Gasteiger partial charge < -0.3 is 20.2 Å². The third-order valence-corrected chi connectivity index (χ3v) is 8.19. The van der Waals surface area contributed by atoms with Crippen LogP contribution in [0.2, 0.25) is 0 Å². The molecular formula is C33H41FN8O4. The fourth-order valence-corrected chi connectivity index (χ4v) is 5.90. The molecule has 1 unspecified atom stereocenters. The Balaban J connectivity index is 1.55. The van der Waals surface area contributed by atoms with Crippen molar-refractivity contribution >= 4 is 29.0 Å². The van der Waals surface area contributed by atoms with Gasteiger partial charge >= 0.3 is 11.6 Å². The Bertz CT molecular complexity index is 1720. The zero-order valence-electron chi connectivity index (χ0n) is 26.6. The van der Waals surface area contributed by atoms with Crippen molar-refractivity contribution in [3.05, 3.63) is 88.3 Å². The number of rotatable bonds is 11. The van der Waals surface area contributed by atoms with Crippen LogP contribution in [0.25, 0.3) is 5.65 Å². The number of hydrogen-bond acceptors (Lipinski definition) is 8. The predicted octanol–water partition coefficient (Wildman–Crippen LogP) is 2.92. The van der Waals surface area contributed by atoms with Gasteiger partial charge in [0.05, 0.1) is 11.4 Å². The highest BCUT2D eigenvalue weighted by atomic mass is 19.1. The molecule has 1 aromatic carbocycles. The lowest BCUT2D eigenvalue weighted by Gasteiger charge is -2.36. The Morgan fingerprint density at radius 1 is 1.07 bits per heavy atom. The van der Waals surface area contributed by atoms with Gasteiger partial charge in [-0.1, -0.05) is 37.8 Å². The van der Waals surface area contributed by atoms with Gasteiger partial charge in [-0.05, 0) is 49.7 Å². The summed E-state index contributed by atoms with van der Waals surface area (Å²) in [6.07, 6.45) is 1.21. The van der Waals surface area contributed by atoms with Crippen LogP contribution >= 0.6 is 0 Å². The van der Waals surface area contributed by atoms with Gasteiger partial charge in [0.25, 0.3) is 5.91 Å². The second-order valence-corrected chi connectivity index (χ2v) is 11.9. The molecule has 244 valence electrons. The Hall–Kier alpha value is -4.75. The molecule has 5 rings (SSSR count). The number of amides is 3. The molecule has 0 saturated carbocycles. The van der Waals surface area contributed by atoms with E-state index in [-0.39, 0.29) is 24.4 Å². The molecule has 0 aliphatic carbocycles. The molecule has 2 aliphatic rings. The van der Waals surface area contributed by atoms with Gasteiger partial charge in [0.2, 0.25) is 5.75 Å². The minimum Gasteiger partial charge on any atom is -0.501 e. The Kier molecular flexibility index (Phi) is 9.73. The van der Waals surface area contributed by atoms with Gasteiger partial charge in [-0.2, -0.15) is 0 Å². The number of fused-ring (bicyclic) bond motifs is 1. The van der Waals surface area contributed by atoms with E-state index >= 15 is 0 Å². The number of likely N-dealkylation sites (N-methyl/N-ethyl adjacent to an activating group) is 1. The average Bonchev–Trinajstić information content (AvgIpc) is 3.40. The van der Waals surface area contributed by atoms with E-state index in [9.17, 15) is 23.9 Å². The summed E-state index contributed by atoms with van der Waals surface area (Å²) in [5.74, 6) is -2.01. The minimum absolute atomic E-state index is 0.0229. The minimum atomic E-state index is -0.836. The smallest absolute Gasteiger partial charge is 0.326 e. The highest BCUT2D eigenvalue weighted by Crippen LogP contribution is 2.31. The summed E-state index contributed by atoms with van der Waals surface area (Å²) in [7, 11) is 0. The van der Waals surface area contributed by atoms with Crippen molar-refractivity contribution in [2.45, 2.75) is 33.5 Å². The quantitative estimate of drug-likeness (QED) is 0.276. The molecule has 0 radical (unpaired) electrons. The van der Waals surface area contributed by atoms with E-state index in [1.165, 1.54) is 28.7 Å².